The molecular formula is C18H19FN2O2S. The van der Waals surface area contributed by atoms with E-state index in [1.54, 1.807) is 49.5 Å². The van der Waals surface area contributed by atoms with Crippen molar-refractivity contribution in [2.24, 2.45) is 0 Å². The van der Waals surface area contributed by atoms with E-state index in [0.29, 0.717) is 16.3 Å². The number of thioether (sulfide) groups is 1. The number of benzene rings is 2. The molecule has 0 aliphatic rings. The lowest BCUT2D eigenvalue weighted by atomic mass is 10.2. The van der Waals surface area contributed by atoms with Crippen molar-refractivity contribution < 1.29 is 14.0 Å². The Labute approximate surface area is 145 Å². The molecule has 0 unspecified atom stereocenters. The van der Waals surface area contributed by atoms with Gasteiger partial charge in [-0.1, -0.05) is 12.1 Å². The lowest BCUT2D eigenvalue weighted by Crippen LogP contribution is -2.22. The minimum atomic E-state index is -0.270. The van der Waals surface area contributed by atoms with Gasteiger partial charge in [0.15, 0.2) is 0 Å². The molecule has 2 amide bonds. The zero-order valence-corrected chi connectivity index (χ0v) is 14.4. The third kappa shape index (κ3) is 5.09. The fourth-order valence-electron chi connectivity index (χ4n) is 1.99. The van der Waals surface area contributed by atoms with Crippen LogP contribution >= 0.6 is 11.8 Å². The molecule has 6 heteroatoms. The number of carbonyl (C=O) groups is 2. The highest BCUT2D eigenvalue weighted by Crippen LogP contribution is 2.22. The number of carbonyl (C=O) groups excluding carboxylic acids is 2. The summed E-state index contributed by atoms with van der Waals surface area (Å²) in [6.07, 6.45) is 0.286. The standard InChI is InChI=1S/C18H19FN2O2S/c1-13(22)21(2)15-9-7-14(8-10-15)20-18(23)11-12-24-17-6-4-3-5-16(17)19/h3-10H,11-12H2,1-2H3,(H,20,23). The third-order valence-corrected chi connectivity index (χ3v) is 4.48. The molecular weight excluding hydrogens is 327 g/mol. The molecule has 4 nitrogen and oxygen atoms in total. The van der Waals surface area contributed by atoms with E-state index >= 15 is 0 Å². The maximum Gasteiger partial charge on any atom is 0.225 e. The number of hydrogen-bond donors (Lipinski definition) is 1. The largest absolute Gasteiger partial charge is 0.326 e. The second-order valence-electron chi connectivity index (χ2n) is 5.20. The fraction of sp³-hybridized carbons (Fsp3) is 0.222. The van der Waals surface area contributed by atoms with E-state index in [1.807, 2.05) is 0 Å². The van der Waals surface area contributed by atoms with Crippen LogP contribution in [0, 0.1) is 5.82 Å². The minimum Gasteiger partial charge on any atom is -0.326 e. The lowest BCUT2D eigenvalue weighted by Gasteiger charge is -2.15. The smallest absolute Gasteiger partial charge is 0.225 e. The van der Waals surface area contributed by atoms with Crippen LogP contribution in [0.1, 0.15) is 13.3 Å². The average Bonchev–Trinajstić information content (AvgIpc) is 2.56. The quantitative estimate of drug-likeness (QED) is 0.806. The Morgan fingerprint density at radius 1 is 1.12 bits per heavy atom. The molecule has 0 radical (unpaired) electrons. The highest BCUT2D eigenvalue weighted by molar-refractivity contribution is 7.99. The molecule has 2 rings (SSSR count). The molecule has 0 aromatic heterocycles. The first kappa shape index (κ1) is 18.0. The van der Waals surface area contributed by atoms with Crippen LogP contribution in [0.15, 0.2) is 53.4 Å². The number of amides is 2. The van der Waals surface area contributed by atoms with E-state index in [-0.39, 0.29) is 24.1 Å². The first-order chi connectivity index (χ1) is 11.5. The van der Waals surface area contributed by atoms with Crippen molar-refractivity contribution >= 4 is 35.0 Å². The maximum atomic E-state index is 13.5. The van der Waals surface area contributed by atoms with E-state index < -0.39 is 0 Å². The lowest BCUT2D eigenvalue weighted by molar-refractivity contribution is -0.116. The van der Waals surface area contributed by atoms with Gasteiger partial charge >= 0.3 is 0 Å². The Bertz CT molecular complexity index is 719. The predicted octanol–water partition coefficient (Wildman–Crippen LogP) is 3.93. The van der Waals surface area contributed by atoms with Gasteiger partial charge < -0.3 is 10.2 Å². The molecule has 126 valence electrons. The SMILES string of the molecule is CC(=O)N(C)c1ccc(NC(=O)CCSc2ccccc2F)cc1. The van der Waals surface area contributed by atoms with Crippen LogP contribution in [0.2, 0.25) is 0 Å². The van der Waals surface area contributed by atoms with Crippen LogP contribution in [-0.4, -0.2) is 24.6 Å². The number of halogens is 1. The molecule has 0 bridgehead atoms. The predicted molar refractivity (Wildman–Crippen MR) is 95.9 cm³/mol. The summed E-state index contributed by atoms with van der Waals surface area (Å²) in [4.78, 5) is 25.3. The van der Waals surface area contributed by atoms with Crippen molar-refractivity contribution in [3.63, 3.8) is 0 Å². The normalized spacial score (nSPS) is 10.3. The van der Waals surface area contributed by atoms with Crippen LogP contribution in [0.25, 0.3) is 0 Å². The first-order valence-electron chi connectivity index (χ1n) is 7.49. The van der Waals surface area contributed by atoms with Crippen LogP contribution in [0.4, 0.5) is 15.8 Å². The molecule has 0 spiro atoms. The van der Waals surface area contributed by atoms with Crippen LogP contribution < -0.4 is 10.2 Å². The van der Waals surface area contributed by atoms with Gasteiger partial charge in [0.1, 0.15) is 5.82 Å². The van der Waals surface area contributed by atoms with Crippen molar-refractivity contribution in [3.8, 4) is 0 Å². The maximum absolute atomic E-state index is 13.5. The summed E-state index contributed by atoms with van der Waals surface area (Å²) in [7, 11) is 1.69. The molecule has 1 N–H and O–H groups in total. The molecule has 0 heterocycles. The summed E-state index contributed by atoms with van der Waals surface area (Å²) in [5.41, 5.74) is 1.42. The zero-order chi connectivity index (χ0) is 17.5. The van der Waals surface area contributed by atoms with Crippen molar-refractivity contribution in [2.45, 2.75) is 18.2 Å². The first-order valence-corrected chi connectivity index (χ1v) is 8.47. The average molecular weight is 346 g/mol. The highest BCUT2D eigenvalue weighted by atomic mass is 32.2. The Balaban J connectivity index is 1.82. The second kappa shape index (κ2) is 8.49. The van der Waals surface area contributed by atoms with E-state index in [9.17, 15) is 14.0 Å². The molecule has 0 saturated heterocycles. The Morgan fingerprint density at radius 3 is 2.42 bits per heavy atom. The van der Waals surface area contributed by atoms with Crippen molar-refractivity contribution in [3.05, 3.63) is 54.3 Å². The van der Waals surface area contributed by atoms with E-state index in [0.717, 1.165) is 5.69 Å². The Hall–Kier alpha value is -2.34. The number of nitrogens with one attached hydrogen (secondary N) is 1. The summed E-state index contributed by atoms with van der Waals surface area (Å²) in [6, 6.07) is 13.5. The number of rotatable bonds is 6. The number of nitrogens with zero attached hydrogens (tertiary/aromatic N) is 1. The zero-order valence-electron chi connectivity index (χ0n) is 13.6. The van der Waals surface area contributed by atoms with Crippen molar-refractivity contribution in [1.29, 1.82) is 0 Å². The molecule has 2 aromatic carbocycles. The van der Waals surface area contributed by atoms with Crippen LogP contribution in [0.3, 0.4) is 0 Å². The third-order valence-electron chi connectivity index (χ3n) is 3.43. The van der Waals surface area contributed by atoms with Gasteiger partial charge in [0.05, 0.1) is 0 Å². The van der Waals surface area contributed by atoms with Gasteiger partial charge in [-0.3, -0.25) is 9.59 Å². The summed E-state index contributed by atoms with van der Waals surface area (Å²) in [5.74, 6) is 0.0364. The Morgan fingerprint density at radius 2 is 1.79 bits per heavy atom. The topological polar surface area (TPSA) is 49.4 Å². The molecule has 0 fully saturated rings. The van der Waals surface area contributed by atoms with Gasteiger partial charge in [0.2, 0.25) is 11.8 Å². The fourth-order valence-corrected chi connectivity index (χ4v) is 2.88. The van der Waals surface area contributed by atoms with E-state index in [4.69, 9.17) is 0 Å². The van der Waals surface area contributed by atoms with Gasteiger partial charge in [0.25, 0.3) is 0 Å². The summed E-state index contributed by atoms with van der Waals surface area (Å²) < 4.78 is 13.5. The van der Waals surface area contributed by atoms with Gasteiger partial charge in [-0.2, -0.15) is 0 Å². The monoisotopic (exact) mass is 346 g/mol. The van der Waals surface area contributed by atoms with Gasteiger partial charge in [0, 0.05) is 42.4 Å². The summed E-state index contributed by atoms with van der Waals surface area (Å²) >= 11 is 1.32. The minimum absolute atomic E-state index is 0.0584. The molecule has 0 aliphatic heterocycles. The summed E-state index contributed by atoms with van der Waals surface area (Å²) in [6.45, 7) is 1.49. The molecule has 0 atom stereocenters. The highest BCUT2D eigenvalue weighted by Gasteiger charge is 2.07. The van der Waals surface area contributed by atoms with Gasteiger partial charge in [-0.15, -0.1) is 11.8 Å². The van der Waals surface area contributed by atoms with Crippen molar-refractivity contribution in [2.75, 3.05) is 23.0 Å². The van der Waals surface area contributed by atoms with E-state index in [2.05, 4.69) is 5.32 Å². The second-order valence-corrected chi connectivity index (χ2v) is 6.34. The molecule has 0 aliphatic carbocycles. The Kier molecular flexibility index (Phi) is 6.37. The van der Waals surface area contributed by atoms with Crippen LogP contribution in [-0.2, 0) is 9.59 Å². The van der Waals surface area contributed by atoms with Gasteiger partial charge in [-0.25, -0.2) is 4.39 Å². The van der Waals surface area contributed by atoms with Crippen molar-refractivity contribution in [1.82, 2.24) is 0 Å². The number of anilines is 2. The van der Waals surface area contributed by atoms with E-state index in [1.165, 1.54) is 29.7 Å². The molecule has 0 saturated carbocycles. The molecule has 24 heavy (non-hydrogen) atoms. The molecule has 2 aromatic rings. The number of hydrogen-bond acceptors (Lipinski definition) is 3. The van der Waals surface area contributed by atoms with Crippen LogP contribution in [0.5, 0.6) is 0 Å². The summed E-state index contributed by atoms with van der Waals surface area (Å²) in [5, 5.41) is 2.79. The van der Waals surface area contributed by atoms with Gasteiger partial charge in [-0.05, 0) is 36.4 Å².